The molecule has 0 spiro atoms. The van der Waals surface area contributed by atoms with Crippen LogP contribution in [0, 0.1) is 5.41 Å². The third-order valence-electron chi connectivity index (χ3n) is 6.82. The number of halogens is 1. The maximum absolute atomic E-state index is 6.12. The number of nitrogens with two attached hydrogens (primary N) is 1. The van der Waals surface area contributed by atoms with Gasteiger partial charge in [-0.1, -0.05) is 19.1 Å². The van der Waals surface area contributed by atoms with Gasteiger partial charge in [0.05, 0.1) is 42.1 Å². The van der Waals surface area contributed by atoms with Gasteiger partial charge in [0, 0.05) is 36.0 Å². The second-order valence-corrected chi connectivity index (χ2v) is 9.70. The van der Waals surface area contributed by atoms with Crippen molar-refractivity contribution >= 4 is 40.0 Å². The van der Waals surface area contributed by atoms with Crippen LogP contribution in [0.1, 0.15) is 19.8 Å². The average Bonchev–Trinajstić information content (AvgIpc) is 3.25. The summed E-state index contributed by atoms with van der Waals surface area (Å²) in [5.41, 5.74) is 10.3. The minimum Gasteiger partial charge on any atom is -0.493 e. The van der Waals surface area contributed by atoms with E-state index in [4.69, 9.17) is 20.2 Å². The summed E-state index contributed by atoms with van der Waals surface area (Å²) in [6, 6.07) is 17.0. The highest BCUT2D eigenvalue weighted by Gasteiger charge is 2.34. The number of pyridine rings is 1. The molecule has 8 heteroatoms. The lowest BCUT2D eigenvalue weighted by Gasteiger charge is -2.37. The van der Waals surface area contributed by atoms with Gasteiger partial charge >= 0.3 is 0 Å². The number of anilines is 1. The number of fused-ring (bicyclic) bond motifs is 2. The first-order valence-corrected chi connectivity index (χ1v) is 11.7. The number of benzene rings is 2. The van der Waals surface area contributed by atoms with Crippen LogP contribution in [0.25, 0.3) is 27.8 Å². The summed E-state index contributed by atoms with van der Waals surface area (Å²) in [6.07, 6.45) is 3.86. The molecule has 2 aromatic heterocycles. The fourth-order valence-corrected chi connectivity index (χ4v) is 4.71. The standard InChI is InChI=1S/C26H29N5O2.ClH/c1-26(14-32-15-26)16-33-20-6-7-22-21(13-20)28-17-31(22)24-8-5-18-3-2-4-23(25(18)29-24)30-11-9-19(27)10-12-30;/h2-8,13,17,19H,9-12,14-16,27H2,1H3;1H. The van der Waals surface area contributed by atoms with Gasteiger partial charge in [-0.2, -0.15) is 0 Å². The molecular formula is C26H30ClN5O2. The van der Waals surface area contributed by atoms with Crippen molar-refractivity contribution in [2.45, 2.75) is 25.8 Å². The Morgan fingerprint density at radius 1 is 1.12 bits per heavy atom. The Morgan fingerprint density at radius 2 is 1.94 bits per heavy atom. The molecule has 0 amide bonds. The summed E-state index contributed by atoms with van der Waals surface area (Å²) in [4.78, 5) is 12.1. The number of hydrogen-bond donors (Lipinski definition) is 1. The normalized spacial score (nSPS) is 18.0. The third-order valence-corrected chi connectivity index (χ3v) is 6.82. The Morgan fingerprint density at radius 3 is 2.71 bits per heavy atom. The quantitative estimate of drug-likeness (QED) is 0.459. The van der Waals surface area contributed by atoms with Crippen molar-refractivity contribution in [3.8, 4) is 11.6 Å². The average molecular weight is 480 g/mol. The zero-order chi connectivity index (χ0) is 22.4. The van der Waals surface area contributed by atoms with E-state index >= 15 is 0 Å². The second-order valence-electron chi connectivity index (χ2n) is 9.70. The lowest BCUT2D eigenvalue weighted by molar-refractivity contribution is -0.120. The van der Waals surface area contributed by atoms with Crippen molar-refractivity contribution in [3.05, 3.63) is 54.9 Å². The van der Waals surface area contributed by atoms with Gasteiger partial charge in [-0.25, -0.2) is 9.97 Å². The summed E-state index contributed by atoms with van der Waals surface area (Å²) >= 11 is 0. The molecule has 2 aliphatic heterocycles. The second kappa shape index (κ2) is 9.06. The van der Waals surface area contributed by atoms with E-state index in [2.05, 4.69) is 53.2 Å². The van der Waals surface area contributed by atoms with Crippen molar-refractivity contribution < 1.29 is 9.47 Å². The fourth-order valence-electron chi connectivity index (χ4n) is 4.71. The summed E-state index contributed by atoms with van der Waals surface area (Å²) < 4.78 is 13.4. The summed E-state index contributed by atoms with van der Waals surface area (Å²) in [5, 5.41) is 1.14. The van der Waals surface area contributed by atoms with Crippen molar-refractivity contribution in [2.24, 2.45) is 11.1 Å². The first kappa shape index (κ1) is 22.9. The molecule has 7 nitrogen and oxygen atoms in total. The van der Waals surface area contributed by atoms with Crippen LogP contribution in [-0.2, 0) is 4.74 Å². The predicted octanol–water partition coefficient (Wildman–Crippen LogP) is 4.34. The molecule has 2 saturated heterocycles. The van der Waals surface area contributed by atoms with Gasteiger partial charge in [-0.15, -0.1) is 12.4 Å². The van der Waals surface area contributed by atoms with Gasteiger partial charge < -0.3 is 20.1 Å². The van der Waals surface area contributed by atoms with Gasteiger partial charge in [0.2, 0.25) is 0 Å². The first-order valence-electron chi connectivity index (χ1n) is 11.7. The number of nitrogens with zero attached hydrogens (tertiary/aromatic N) is 4. The molecule has 0 bridgehead atoms. The minimum atomic E-state index is 0. The molecule has 34 heavy (non-hydrogen) atoms. The van der Waals surface area contributed by atoms with Crippen molar-refractivity contribution in [1.82, 2.24) is 14.5 Å². The molecule has 2 aromatic carbocycles. The molecular weight excluding hydrogens is 450 g/mol. The molecule has 4 aromatic rings. The van der Waals surface area contributed by atoms with E-state index in [0.29, 0.717) is 12.6 Å². The SMILES string of the molecule is CC1(COc2ccc3c(c2)ncn3-c2ccc3cccc(N4CCC(N)CC4)c3n2)COC1.Cl. The lowest BCUT2D eigenvalue weighted by Crippen LogP contribution is -2.44. The molecule has 6 rings (SSSR count). The molecule has 2 aliphatic rings. The first-order chi connectivity index (χ1) is 16.1. The Bertz CT molecular complexity index is 1310. The van der Waals surface area contributed by atoms with E-state index in [1.54, 1.807) is 0 Å². The van der Waals surface area contributed by atoms with Crippen LogP contribution in [0.15, 0.2) is 54.9 Å². The number of piperidine rings is 1. The van der Waals surface area contributed by atoms with E-state index < -0.39 is 0 Å². The third kappa shape index (κ3) is 4.19. The largest absolute Gasteiger partial charge is 0.493 e. The Hall–Kier alpha value is -2.87. The molecule has 178 valence electrons. The molecule has 2 N–H and O–H groups in total. The van der Waals surface area contributed by atoms with Crippen LogP contribution in [0.4, 0.5) is 5.69 Å². The van der Waals surface area contributed by atoms with Crippen LogP contribution >= 0.6 is 12.4 Å². The predicted molar refractivity (Wildman–Crippen MR) is 137 cm³/mol. The maximum atomic E-state index is 6.12. The van der Waals surface area contributed by atoms with Crippen LogP contribution in [0.2, 0.25) is 0 Å². The van der Waals surface area contributed by atoms with Crippen molar-refractivity contribution in [3.63, 3.8) is 0 Å². The summed E-state index contributed by atoms with van der Waals surface area (Å²) in [6.45, 7) is 6.27. The molecule has 0 saturated carbocycles. The number of aromatic nitrogens is 3. The van der Waals surface area contributed by atoms with Crippen LogP contribution in [0.3, 0.4) is 0 Å². The highest BCUT2D eigenvalue weighted by atomic mass is 35.5. The monoisotopic (exact) mass is 479 g/mol. The van der Waals surface area contributed by atoms with Gasteiger partial charge in [0.25, 0.3) is 0 Å². The number of para-hydroxylation sites is 1. The molecule has 0 atom stereocenters. The smallest absolute Gasteiger partial charge is 0.139 e. The number of imidazole rings is 1. The Balaban J connectivity index is 0.00000241. The summed E-state index contributed by atoms with van der Waals surface area (Å²) in [5.74, 6) is 1.69. The highest BCUT2D eigenvalue weighted by molar-refractivity contribution is 5.92. The zero-order valence-corrected chi connectivity index (χ0v) is 20.1. The molecule has 0 unspecified atom stereocenters. The molecule has 2 fully saturated rings. The molecule has 0 radical (unpaired) electrons. The highest BCUT2D eigenvalue weighted by Crippen LogP contribution is 2.31. The summed E-state index contributed by atoms with van der Waals surface area (Å²) in [7, 11) is 0. The number of rotatable bonds is 5. The fraction of sp³-hybridized carbons (Fsp3) is 0.385. The van der Waals surface area contributed by atoms with Crippen molar-refractivity contribution in [1.29, 1.82) is 0 Å². The van der Waals surface area contributed by atoms with Gasteiger partial charge in [-0.3, -0.25) is 4.57 Å². The van der Waals surface area contributed by atoms with E-state index in [0.717, 1.165) is 72.6 Å². The van der Waals surface area contributed by atoms with Gasteiger partial charge in [0.15, 0.2) is 0 Å². The van der Waals surface area contributed by atoms with E-state index in [-0.39, 0.29) is 17.8 Å². The van der Waals surface area contributed by atoms with Crippen LogP contribution in [0.5, 0.6) is 5.75 Å². The molecule has 0 aliphatic carbocycles. The van der Waals surface area contributed by atoms with E-state index in [9.17, 15) is 0 Å². The van der Waals surface area contributed by atoms with Crippen molar-refractivity contribution in [2.75, 3.05) is 37.8 Å². The van der Waals surface area contributed by atoms with Gasteiger partial charge in [-0.05, 0) is 43.2 Å². The topological polar surface area (TPSA) is 78.4 Å². The number of ether oxygens (including phenoxy) is 2. The number of hydrogen-bond acceptors (Lipinski definition) is 6. The maximum Gasteiger partial charge on any atom is 0.139 e. The lowest BCUT2D eigenvalue weighted by atomic mass is 9.90. The van der Waals surface area contributed by atoms with E-state index in [1.807, 2.05) is 23.0 Å². The van der Waals surface area contributed by atoms with Crippen LogP contribution < -0.4 is 15.4 Å². The molecule has 4 heterocycles. The Kier molecular flexibility index (Phi) is 6.10. The Labute approximate surface area is 205 Å². The van der Waals surface area contributed by atoms with Gasteiger partial charge in [0.1, 0.15) is 17.9 Å². The zero-order valence-electron chi connectivity index (χ0n) is 19.3. The van der Waals surface area contributed by atoms with Crippen LogP contribution in [-0.4, -0.2) is 53.5 Å². The van der Waals surface area contributed by atoms with E-state index in [1.165, 1.54) is 5.69 Å². The minimum absolute atomic E-state index is 0.